The van der Waals surface area contributed by atoms with E-state index >= 15 is 0 Å². The average molecular weight is 381 g/mol. The molecule has 5 nitrogen and oxygen atoms in total. The van der Waals surface area contributed by atoms with Crippen molar-refractivity contribution in [3.8, 4) is 0 Å². The second-order valence-electron chi connectivity index (χ2n) is 7.76. The van der Waals surface area contributed by atoms with Crippen molar-refractivity contribution in [2.75, 3.05) is 44.8 Å². The van der Waals surface area contributed by atoms with Crippen LogP contribution in [-0.2, 0) is 16.7 Å². The van der Waals surface area contributed by atoms with Crippen molar-refractivity contribution in [2.45, 2.75) is 25.8 Å². The molecule has 0 bridgehead atoms. The van der Waals surface area contributed by atoms with Crippen molar-refractivity contribution >= 4 is 11.6 Å². The first kappa shape index (κ1) is 20.2. The van der Waals surface area contributed by atoms with E-state index < -0.39 is 0 Å². The lowest BCUT2D eigenvalue weighted by molar-refractivity contribution is 0.122. The summed E-state index contributed by atoms with van der Waals surface area (Å²) in [6.07, 6.45) is 0. The third kappa shape index (κ3) is 5.26. The van der Waals surface area contributed by atoms with Crippen molar-refractivity contribution in [2.24, 2.45) is 4.99 Å². The number of nitrogens with zero attached hydrogens (tertiary/aromatic N) is 2. The number of hydrogen-bond acceptors (Lipinski definition) is 3. The van der Waals surface area contributed by atoms with Gasteiger partial charge in [0.1, 0.15) is 0 Å². The van der Waals surface area contributed by atoms with Gasteiger partial charge < -0.3 is 20.3 Å². The number of nitrogens with one attached hydrogen (secondary N) is 2. The molecular weight excluding hydrogens is 348 g/mol. The molecule has 0 saturated carbocycles. The zero-order chi connectivity index (χ0) is 19.8. The molecule has 0 aromatic heterocycles. The molecule has 28 heavy (non-hydrogen) atoms. The Kier molecular flexibility index (Phi) is 6.93. The molecule has 0 spiro atoms. The molecule has 0 atom stereocenters. The van der Waals surface area contributed by atoms with E-state index in [0.717, 1.165) is 45.4 Å². The molecule has 0 amide bonds. The minimum absolute atomic E-state index is 0.0184. The molecule has 1 heterocycles. The number of guanidine groups is 1. The molecule has 2 aromatic carbocycles. The molecule has 1 saturated heterocycles. The molecule has 0 aliphatic carbocycles. The van der Waals surface area contributed by atoms with Crippen LogP contribution >= 0.6 is 0 Å². The predicted molar refractivity (Wildman–Crippen MR) is 117 cm³/mol. The molecule has 150 valence electrons. The first-order chi connectivity index (χ1) is 13.6. The Morgan fingerprint density at radius 3 is 2.39 bits per heavy atom. The Morgan fingerprint density at radius 2 is 1.68 bits per heavy atom. The van der Waals surface area contributed by atoms with Crippen LogP contribution < -0.4 is 15.5 Å². The Labute approximate surface area is 168 Å². The van der Waals surface area contributed by atoms with E-state index in [2.05, 4.69) is 89.0 Å². The molecule has 0 radical (unpaired) electrons. The highest BCUT2D eigenvalue weighted by molar-refractivity contribution is 5.80. The van der Waals surface area contributed by atoms with Crippen LogP contribution in [0.4, 0.5) is 5.69 Å². The van der Waals surface area contributed by atoms with Crippen molar-refractivity contribution in [3.63, 3.8) is 0 Å². The number of aliphatic imine (C=N–C) groups is 1. The van der Waals surface area contributed by atoms with Gasteiger partial charge in [-0.1, -0.05) is 62.4 Å². The summed E-state index contributed by atoms with van der Waals surface area (Å²) in [5.74, 6) is 0.820. The van der Waals surface area contributed by atoms with Crippen molar-refractivity contribution in [1.82, 2.24) is 10.6 Å². The molecule has 1 fully saturated rings. The molecule has 1 aliphatic heterocycles. The van der Waals surface area contributed by atoms with Crippen molar-refractivity contribution in [1.29, 1.82) is 0 Å². The summed E-state index contributed by atoms with van der Waals surface area (Å²) in [4.78, 5) is 6.80. The van der Waals surface area contributed by atoms with Gasteiger partial charge in [-0.3, -0.25) is 4.99 Å². The molecular formula is C23H32N4O. The van der Waals surface area contributed by atoms with Gasteiger partial charge in [0.2, 0.25) is 0 Å². The molecule has 2 N–H and O–H groups in total. The molecule has 3 rings (SSSR count). The van der Waals surface area contributed by atoms with E-state index in [-0.39, 0.29) is 5.41 Å². The maximum absolute atomic E-state index is 5.49. The summed E-state index contributed by atoms with van der Waals surface area (Å²) in [6.45, 7) is 9.50. The van der Waals surface area contributed by atoms with Gasteiger partial charge in [-0.2, -0.15) is 0 Å². The maximum Gasteiger partial charge on any atom is 0.191 e. The normalized spacial score (nSPS) is 15.4. The topological polar surface area (TPSA) is 48.9 Å². The third-order valence-electron chi connectivity index (χ3n) is 5.27. The Morgan fingerprint density at radius 1 is 1.00 bits per heavy atom. The highest BCUT2D eigenvalue weighted by atomic mass is 16.5. The van der Waals surface area contributed by atoms with Gasteiger partial charge >= 0.3 is 0 Å². The molecule has 0 unspecified atom stereocenters. The van der Waals surface area contributed by atoms with Gasteiger partial charge in [-0.15, -0.1) is 0 Å². The minimum atomic E-state index is 0.0184. The average Bonchev–Trinajstić information content (AvgIpc) is 2.75. The fourth-order valence-corrected chi connectivity index (χ4v) is 3.47. The standard InChI is InChI=1S/C23H32N4O/c1-23(2,20-10-5-4-6-11-20)18-26-22(24-3)25-17-19-9-7-8-12-21(19)27-13-15-28-16-14-27/h4-12H,13-18H2,1-3H3,(H2,24,25,26). The summed E-state index contributed by atoms with van der Waals surface area (Å²) in [5.41, 5.74) is 3.88. The van der Waals surface area contributed by atoms with Crippen LogP contribution in [0.25, 0.3) is 0 Å². The SMILES string of the molecule is CN=C(NCc1ccccc1N1CCOCC1)NCC(C)(C)c1ccccc1. The third-order valence-corrected chi connectivity index (χ3v) is 5.27. The number of morpholine rings is 1. The summed E-state index contributed by atoms with van der Waals surface area (Å²) < 4.78 is 5.49. The van der Waals surface area contributed by atoms with E-state index in [1.807, 2.05) is 7.05 Å². The Bertz CT molecular complexity index is 767. The van der Waals surface area contributed by atoms with E-state index in [4.69, 9.17) is 4.74 Å². The molecule has 1 aliphatic rings. The van der Waals surface area contributed by atoms with Crippen LogP contribution in [-0.4, -0.2) is 45.9 Å². The summed E-state index contributed by atoms with van der Waals surface area (Å²) in [7, 11) is 1.82. The van der Waals surface area contributed by atoms with Gasteiger partial charge in [-0.25, -0.2) is 0 Å². The van der Waals surface area contributed by atoms with Gasteiger partial charge in [0.05, 0.1) is 13.2 Å². The van der Waals surface area contributed by atoms with E-state index in [1.54, 1.807) is 0 Å². The lowest BCUT2D eigenvalue weighted by Gasteiger charge is -2.31. The first-order valence-electron chi connectivity index (χ1n) is 10.0. The van der Waals surface area contributed by atoms with E-state index in [0.29, 0.717) is 0 Å². The van der Waals surface area contributed by atoms with Gasteiger partial charge in [0, 0.05) is 44.3 Å². The fraction of sp³-hybridized carbons (Fsp3) is 0.435. The Hall–Kier alpha value is -2.53. The first-order valence-corrected chi connectivity index (χ1v) is 10.0. The smallest absolute Gasteiger partial charge is 0.191 e. The lowest BCUT2D eigenvalue weighted by Crippen LogP contribution is -2.43. The predicted octanol–water partition coefficient (Wildman–Crippen LogP) is 3.17. The highest BCUT2D eigenvalue weighted by Gasteiger charge is 2.20. The van der Waals surface area contributed by atoms with Gasteiger partial charge in [-0.05, 0) is 17.2 Å². The summed E-state index contributed by atoms with van der Waals surface area (Å²) in [5, 5.41) is 6.95. The monoisotopic (exact) mass is 380 g/mol. The van der Waals surface area contributed by atoms with Gasteiger partial charge in [0.25, 0.3) is 0 Å². The van der Waals surface area contributed by atoms with Crippen LogP contribution in [0.15, 0.2) is 59.6 Å². The van der Waals surface area contributed by atoms with E-state index in [9.17, 15) is 0 Å². The zero-order valence-electron chi connectivity index (χ0n) is 17.2. The largest absolute Gasteiger partial charge is 0.378 e. The van der Waals surface area contributed by atoms with Crippen molar-refractivity contribution < 1.29 is 4.74 Å². The van der Waals surface area contributed by atoms with Gasteiger partial charge in [0.15, 0.2) is 5.96 Å². The minimum Gasteiger partial charge on any atom is -0.378 e. The fourth-order valence-electron chi connectivity index (χ4n) is 3.47. The molecule has 2 aromatic rings. The van der Waals surface area contributed by atoms with Crippen LogP contribution in [0.5, 0.6) is 0 Å². The highest BCUT2D eigenvalue weighted by Crippen LogP contribution is 2.22. The zero-order valence-corrected chi connectivity index (χ0v) is 17.2. The van der Waals surface area contributed by atoms with Crippen LogP contribution in [0.2, 0.25) is 0 Å². The number of hydrogen-bond donors (Lipinski definition) is 2. The lowest BCUT2D eigenvalue weighted by atomic mass is 9.85. The summed E-state index contributed by atoms with van der Waals surface area (Å²) in [6, 6.07) is 19.2. The second-order valence-corrected chi connectivity index (χ2v) is 7.76. The van der Waals surface area contributed by atoms with Crippen molar-refractivity contribution in [3.05, 3.63) is 65.7 Å². The Balaban J connectivity index is 1.59. The van der Waals surface area contributed by atoms with Crippen LogP contribution in [0.3, 0.4) is 0 Å². The quantitative estimate of drug-likeness (QED) is 0.597. The number of benzene rings is 2. The van der Waals surface area contributed by atoms with Crippen LogP contribution in [0.1, 0.15) is 25.0 Å². The second kappa shape index (κ2) is 9.60. The summed E-state index contributed by atoms with van der Waals surface area (Å²) >= 11 is 0. The number of para-hydroxylation sites is 1. The van der Waals surface area contributed by atoms with E-state index in [1.165, 1.54) is 16.8 Å². The molecule has 5 heteroatoms. The number of ether oxygens (including phenoxy) is 1. The maximum atomic E-state index is 5.49. The number of anilines is 1. The number of rotatable bonds is 6. The van der Waals surface area contributed by atoms with Crippen LogP contribution in [0, 0.1) is 0 Å².